The summed E-state index contributed by atoms with van der Waals surface area (Å²) < 4.78 is 13.8. The Hall–Kier alpha value is -3.32. The van der Waals surface area contributed by atoms with Gasteiger partial charge < -0.3 is 10.2 Å². The normalized spacial score (nSPS) is 19.2. The second-order valence-electron chi connectivity index (χ2n) is 8.89. The molecule has 5 nitrogen and oxygen atoms in total. The third kappa shape index (κ3) is 3.74. The van der Waals surface area contributed by atoms with Crippen molar-refractivity contribution in [3.8, 4) is 0 Å². The molecule has 34 heavy (non-hydrogen) atoms. The quantitative estimate of drug-likeness (QED) is 0.509. The number of urea groups is 1. The molecule has 1 saturated heterocycles. The molecule has 0 saturated carbocycles. The smallest absolute Gasteiger partial charge is 0.308 e. The summed E-state index contributed by atoms with van der Waals surface area (Å²) in [6, 6.07) is 21.3. The molecule has 0 unspecified atom stereocenters. The number of nitrogens with one attached hydrogen (secondary N) is 1. The highest BCUT2D eigenvalue weighted by Crippen LogP contribution is 2.54. The van der Waals surface area contributed by atoms with Crippen LogP contribution >= 0.6 is 11.8 Å². The fourth-order valence-corrected chi connectivity index (χ4v) is 6.15. The maximum absolute atomic E-state index is 14.0. The van der Waals surface area contributed by atoms with E-state index in [9.17, 15) is 14.0 Å². The van der Waals surface area contributed by atoms with Crippen molar-refractivity contribution in [1.29, 1.82) is 0 Å². The summed E-state index contributed by atoms with van der Waals surface area (Å²) >= 11 is 1.47. The van der Waals surface area contributed by atoms with Gasteiger partial charge in [0, 0.05) is 23.5 Å². The van der Waals surface area contributed by atoms with E-state index in [4.69, 9.17) is 0 Å². The minimum absolute atomic E-state index is 0.175. The van der Waals surface area contributed by atoms with Crippen LogP contribution in [0, 0.1) is 5.82 Å². The number of carbonyl (C=O) groups excluding carboxylic acids is 2. The molecule has 3 amide bonds. The molecular weight excluding hydrogens is 449 g/mol. The lowest BCUT2D eigenvalue weighted by atomic mass is 10.0. The molecule has 2 aliphatic heterocycles. The summed E-state index contributed by atoms with van der Waals surface area (Å²) in [6.45, 7) is 4.94. The van der Waals surface area contributed by atoms with Crippen LogP contribution in [-0.4, -0.2) is 29.1 Å². The molecular formula is C27H26FN3O2S. The third-order valence-electron chi connectivity index (χ3n) is 6.40. The van der Waals surface area contributed by atoms with E-state index in [1.54, 1.807) is 21.9 Å². The molecule has 2 aliphatic rings. The number of rotatable bonds is 4. The fraction of sp³-hybridized carbons (Fsp3) is 0.259. The molecule has 0 aliphatic carbocycles. The number of halogens is 1. The Morgan fingerprint density at radius 2 is 1.85 bits per heavy atom. The Bertz CT molecular complexity index is 1250. The second-order valence-corrected chi connectivity index (χ2v) is 10.2. The fourth-order valence-electron chi connectivity index (χ4n) is 4.69. The molecule has 1 N–H and O–H groups in total. The van der Waals surface area contributed by atoms with Crippen LogP contribution < -0.4 is 10.2 Å². The zero-order valence-corrected chi connectivity index (χ0v) is 19.9. The first-order valence-corrected chi connectivity index (χ1v) is 12.4. The van der Waals surface area contributed by atoms with E-state index < -0.39 is 4.87 Å². The second kappa shape index (κ2) is 8.80. The van der Waals surface area contributed by atoms with Crippen LogP contribution in [0.25, 0.3) is 0 Å². The lowest BCUT2D eigenvalue weighted by Crippen LogP contribution is -2.51. The van der Waals surface area contributed by atoms with Gasteiger partial charge in [0.15, 0.2) is 4.87 Å². The number of amides is 3. The van der Waals surface area contributed by atoms with Crippen LogP contribution in [0.3, 0.4) is 0 Å². The van der Waals surface area contributed by atoms with Crippen LogP contribution in [0.4, 0.5) is 20.6 Å². The monoisotopic (exact) mass is 475 g/mol. The first kappa shape index (κ1) is 22.5. The van der Waals surface area contributed by atoms with Crippen LogP contribution in [0.5, 0.6) is 0 Å². The molecule has 174 valence electrons. The molecule has 3 aromatic rings. The summed E-state index contributed by atoms with van der Waals surface area (Å²) in [7, 11) is 0. The van der Waals surface area contributed by atoms with Gasteiger partial charge >= 0.3 is 6.03 Å². The van der Waals surface area contributed by atoms with Gasteiger partial charge in [-0.1, -0.05) is 56.3 Å². The first-order valence-electron chi connectivity index (χ1n) is 11.4. The van der Waals surface area contributed by atoms with Gasteiger partial charge in [0.05, 0.1) is 12.2 Å². The number of anilines is 2. The molecule has 0 radical (unpaired) electrons. The highest BCUT2D eigenvalue weighted by molar-refractivity contribution is 8.01. The Labute approximate surface area is 202 Å². The van der Waals surface area contributed by atoms with Gasteiger partial charge in [-0.15, -0.1) is 11.8 Å². The Kier molecular flexibility index (Phi) is 5.81. The van der Waals surface area contributed by atoms with E-state index in [1.807, 2.05) is 48.5 Å². The Morgan fingerprint density at radius 3 is 2.59 bits per heavy atom. The molecule has 2 heterocycles. The molecule has 1 spiro atoms. The largest absolute Gasteiger partial charge is 0.323 e. The summed E-state index contributed by atoms with van der Waals surface area (Å²) in [5.74, 6) is 0.533. The molecule has 1 fully saturated rings. The van der Waals surface area contributed by atoms with Crippen LogP contribution in [-0.2, 0) is 16.2 Å². The van der Waals surface area contributed by atoms with E-state index in [1.165, 1.54) is 29.5 Å². The maximum Gasteiger partial charge on any atom is 0.323 e. The number of para-hydroxylation sites is 1. The van der Waals surface area contributed by atoms with Gasteiger partial charge in [0.2, 0.25) is 0 Å². The van der Waals surface area contributed by atoms with E-state index in [2.05, 4.69) is 19.2 Å². The first-order chi connectivity index (χ1) is 16.4. The average molecular weight is 476 g/mol. The summed E-state index contributed by atoms with van der Waals surface area (Å²) in [5.41, 5.74) is 4.13. The Morgan fingerprint density at radius 1 is 1.09 bits per heavy atom. The molecule has 3 aromatic carbocycles. The standard InChI is InChI=1S/C27H26FN3O2S/c1-18(2)20-10-12-22(13-11-20)29-26(33)31-14-15-34-27(31)23-8-3-4-9-24(23)30(25(27)32)17-19-6-5-7-21(28)16-19/h3-13,16,18H,14-15,17H2,1-2H3,(H,29,33)/t27-/m0/s1. The van der Waals surface area contributed by atoms with Crippen molar-refractivity contribution in [2.75, 3.05) is 22.5 Å². The number of fused-ring (bicyclic) bond motifs is 2. The third-order valence-corrected chi connectivity index (χ3v) is 7.82. The average Bonchev–Trinajstić information content (AvgIpc) is 3.37. The predicted octanol–water partition coefficient (Wildman–Crippen LogP) is 5.93. The lowest BCUT2D eigenvalue weighted by molar-refractivity contribution is -0.123. The molecule has 0 bridgehead atoms. The SMILES string of the molecule is CC(C)c1ccc(NC(=O)N2CCS[C@@]23C(=O)N(Cc2cccc(F)c2)c2ccccc23)cc1. The number of hydrogen-bond acceptors (Lipinski definition) is 3. The van der Waals surface area contributed by atoms with E-state index in [0.29, 0.717) is 29.5 Å². The number of thioether (sulfide) groups is 1. The number of hydrogen-bond donors (Lipinski definition) is 1. The van der Waals surface area contributed by atoms with Crippen molar-refractivity contribution in [1.82, 2.24) is 4.90 Å². The minimum atomic E-state index is -1.13. The summed E-state index contributed by atoms with van der Waals surface area (Å²) in [6.07, 6.45) is 0. The molecule has 0 aromatic heterocycles. The van der Waals surface area contributed by atoms with Gasteiger partial charge in [0.25, 0.3) is 5.91 Å². The topological polar surface area (TPSA) is 52.7 Å². The highest BCUT2D eigenvalue weighted by Gasteiger charge is 2.59. The van der Waals surface area contributed by atoms with Gasteiger partial charge in [-0.25, -0.2) is 9.18 Å². The van der Waals surface area contributed by atoms with Crippen LogP contribution in [0.1, 0.15) is 36.5 Å². The van der Waals surface area contributed by atoms with Gasteiger partial charge in [-0.3, -0.25) is 9.69 Å². The number of benzene rings is 3. The summed E-state index contributed by atoms with van der Waals surface area (Å²) in [4.78, 5) is 29.6. The van der Waals surface area contributed by atoms with Crippen molar-refractivity contribution in [3.63, 3.8) is 0 Å². The molecule has 7 heteroatoms. The molecule has 5 rings (SSSR count). The zero-order chi connectivity index (χ0) is 23.9. The number of carbonyl (C=O) groups is 2. The van der Waals surface area contributed by atoms with Crippen molar-refractivity contribution in [2.24, 2.45) is 0 Å². The highest BCUT2D eigenvalue weighted by atomic mass is 32.2. The van der Waals surface area contributed by atoms with E-state index in [0.717, 1.165) is 11.3 Å². The maximum atomic E-state index is 14.0. The predicted molar refractivity (Wildman–Crippen MR) is 134 cm³/mol. The van der Waals surface area contributed by atoms with Gasteiger partial charge in [-0.05, 0) is 47.4 Å². The molecule has 1 atom stereocenters. The summed E-state index contributed by atoms with van der Waals surface area (Å²) in [5, 5.41) is 2.98. The van der Waals surface area contributed by atoms with E-state index >= 15 is 0 Å². The van der Waals surface area contributed by atoms with Crippen molar-refractivity contribution in [3.05, 3.63) is 95.3 Å². The van der Waals surface area contributed by atoms with Gasteiger partial charge in [-0.2, -0.15) is 0 Å². The van der Waals surface area contributed by atoms with Crippen molar-refractivity contribution < 1.29 is 14.0 Å². The van der Waals surface area contributed by atoms with Gasteiger partial charge in [0.1, 0.15) is 5.82 Å². The van der Waals surface area contributed by atoms with Crippen LogP contribution in [0.2, 0.25) is 0 Å². The Balaban J connectivity index is 1.46. The lowest BCUT2D eigenvalue weighted by Gasteiger charge is -2.33. The zero-order valence-electron chi connectivity index (χ0n) is 19.1. The number of nitrogens with zero attached hydrogens (tertiary/aromatic N) is 2. The van der Waals surface area contributed by atoms with Crippen LogP contribution in [0.15, 0.2) is 72.8 Å². The van der Waals surface area contributed by atoms with Crippen molar-refractivity contribution in [2.45, 2.75) is 31.2 Å². The van der Waals surface area contributed by atoms with E-state index in [-0.39, 0.29) is 24.3 Å². The minimum Gasteiger partial charge on any atom is -0.308 e. The van der Waals surface area contributed by atoms with Crippen molar-refractivity contribution >= 4 is 35.1 Å².